The Morgan fingerprint density at radius 3 is 2.46 bits per heavy atom. The van der Waals surface area contributed by atoms with Crippen LogP contribution in [-0.4, -0.2) is 24.6 Å². The van der Waals surface area contributed by atoms with Gasteiger partial charge in [-0.05, 0) is 29.8 Å². The summed E-state index contributed by atoms with van der Waals surface area (Å²) in [6, 6.07) is 12.7. The summed E-state index contributed by atoms with van der Waals surface area (Å²) in [6.07, 6.45) is 4.33. The summed E-state index contributed by atoms with van der Waals surface area (Å²) < 4.78 is 52.9. The van der Waals surface area contributed by atoms with E-state index in [0.29, 0.717) is 22.3 Å². The van der Waals surface area contributed by atoms with Crippen molar-refractivity contribution in [2.75, 3.05) is 11.0 Å². The molecule has 4 rings (SSSR count). The van der Waals surface area contributed by atoms with Gasteiger partial charge < -0.3 is 4.98 Å². The van der Waals surface area contributed by atoms with Crippen LogP contribution in [-0.2, 0) is 10.0 Å². The van der Waals surface area contributed by atoms with E-state index in [0.717, 1.165) is 23.4 Å². The van der Waals surface area contributed by atoms with Crippen molar-refractivity contribution in [2.24, 2.45) is 0 Å². The van der Waals surface area contributed by atoms with Gasteiger partial charge in [0.1, 0.15) is 5.65 Å². The van der Waals surface area contributed by atoms with Gasteiger partial charge in [-0.15, -0.1) is 0 Å². The molecule has 0 unspecified atom stereocenters. The first-order valence-electron chi connectivity index (χ1n) is 8.31. The molecule has 2 aromatic carbocycles. The second-order valence-corrected chi connectivity index (χ2v) is 8.12. The molecule has 0 aliphatic heterocycles. The van der Waals surface area contributed by atoms with Crippen molar-refractivity contribution < 1.29 is 17.2 Å². The summed E-state index contributed by atoms with van der Waals surface area (Å²) >= 11 is 0. The van der Waals surface area contributed by atoms with Crippen molar-refractivity contribution in [1.29, 1.82) is 0 Å². The van der Waals surface area contributed by atoms with E-state index in [-0.39, 0.29) is 5.56 Å². The molecule has 0 atom stereocenters. The first-order valence-corrected chi connectivity index (χ1v) is 10.2. The standard InChI is InChI=1S/C20H15F2N3O2S/c1-28(26,27)25-14-7-5-12(6-8-14)13-9-16-17(11-24-20(16)23-10-13)15-3-2-4-18(21)19(15)22/h2-11,25H,1H3,(H,23,24). The van der Waals surface area contributed by atoms with Gasteiger partial charge in [-0.2, -0.15) is 0 Å². The molecule has 2 N–H and O–H groups in total. The maximum Gasteiger partial charge on any atom is 0.229 e. The van der Waals surface area contributed by atoms with Crippen molar-refractivity contribution in [3.63, 3.8) is 0 Å². The monoisotopic (exact) mass is 399 g/mol. The van der Waals surface area contributed by atoms with E-state index >= 15 is 0 Å². The third-order valence-corrected chi connectivity index (χ3v) is 4.90. The number of aromatic amines is 1. The number of nitrogens with one attached hydrogen (secondary N) is 2. The quantitative estimate of drug-likeness (QED) is 0.529. The second kappa shape index (κ2) is 6.72. The lowest BCUT2D eigenvalue weighted by molar-refractivity contribution is 0.511. The Morgan fingerprint density at radius 1 is 1.00 bits per heavy atom. The predicted molar refractivity (Wildman–Crippen MR) is 105 cm³/mol. The maximum absolute atomic E-state index is 14.2. The lowest BCUT2D eigenvalue weighted by Crippen LogP contribution is -2.09. The molecule has 142 valence electrons. The van der Waals surface area contributed by atoms with Crippen molar-refractivity contribution in [3.05, 3.63) is 72.6 Å². The number of H-pyrrole nitrogens is 1. The number of benzene rings is 2. The normalized spacial score (nSPS) is 11.7. The number of rotatable bonds is 4. The molecule has 2 heterocycles. The van der Waals surface area contributed by atoms with Crippen molar-refractivity contribution in [2.45, 2.75) is 0 Å². The summed E-state index contributed by atoms with van der Waals surface area (Å²) in [4.78, 5) is 7.32. The number of anilines is 1. The number of sulfonamides is 1. The van der Waals surface area contributed by atoms with Crippen LogP contribution >= 0.6 is 0 Å². The molecule has 0 aliphatic rings. The maximum atomic E-state index is 14.2. The minimum Gasteiger partial charge on any atom is -0.346 e. The Bertz CT molecular complexity index is 1280. The minimum atomic E-state index is -3.35. The van der Waals surface area contributed by atoms with Crippen molar-refractivity contribution in [1.82, 2.24) is 9.97 Å². The third-order valence-electron chi connectivity index (χ3n) is 4.29. The molecular formula is C20H15F2N3O2S. The Labute approximate surface area is 160 Å². The Hall–Kier alpha value is -3.26. The molecule has 0 aliphatic carbocycles. The van der Waals surface area contributed by atoms with E-state index in [2.05, 4.69) is 14.7 Å². The van der Waals surface area contributed by atoms with E-state index in [1.54, 1.807) is 36.7 Å². The molecular weight excluding hydrogens is 384 g/mol. The molecule has 28 heavy (non-hydrogen) atoms. The fourth-order valence-electron chi connectivity index (χ4n) is 3.04. The zero-order chi connectivity index (χ0) is 19.9. The van der Waals surface area contributed by atoms with E-state index in [4.69, 9.17) is 0 Å². The molecule has 0 fully saturated rings. The van der Waals surface area contributed by atoms with Crippen LogP contribution in [0, 0.1) is 11.6 Å². The van der Waals surface area contributed by atoms with Gasteiger partial charge in [0.2, 0.25) is 10.0 Å². The number of nitrogens with zero attached hydrogens (tertiary/aromatic N) is 1. The summed E-state index contributed by atoms with van der Waals surface area (Å²) in [6.45, 7) is 0. The minimum absolute atomic E-state index is 0.151. The van der Waals surface area contributed by atoms with Crippen LogP contribution in [0.3, 0.4) is 0 Å². The molecule has 0 spiro atoms. The molecule has 0 saturated carbocycles. The SMILES string of the molecule is CS(=O)(=O)Nc1ccc(-c2cnc3[nH]cc(-c4cccc(F)c4F)c3c2)cc1. The highest BCUT2D eigenvalue weighted by Crippen LogP contribution is 2.33. The fourth-order valence-corrected chi connectivity index (χ4v) is 3.60. The topological polar surface area (TPSA) is 74.8 Å². The van der Waals surface area contributed by atoms with Crippen LogP contribution in [0.25, 0.3) is 33.3 Å². The summed E-state index contributed by atoms with van der Waals surface area (Å²) in [7, 11) is -3.35. The molecule has 4 aromatic rings. The van der Waals surface area contributed by atoms with Gasteiger partial charge in [-0.3, -0.25) is 4.72 Å². The highest BCUT2D eigenvalue weighted by atomic mass is 32.2. The molecule has 0 bridgehead atoms. The average molecular weight is 399 g/mol. The van der Waals surface area contributed by atoms with Gasteiger partial charge >= 0.3 is 0 Å². The van der Waals surface area contributed by atoms with Crippen molar-refractivity contribution >= 4 is 26.7 Å². The number of hydrogen-bond donors (Lipinski definition) is 2. The van der Waals surface area contributed by atoms with Gasteiger partial charge in [0.25, 0.3) is 0 Å². The molecule has 2 aromatic heterocycles. The number of halogens is 2. The molecule has 0 amide bonds. The van der Waals surface area contributed by atoms with Gasteiger partial charge in [0.15, 0.2) is 11.6 Å². The summed E-state index contributed by atoms with van der Waals surface area (Å²) in [5.74, 6) is -1.82. The van der Waals surface area contributed by atoms with Crippen LogP contribution in [0.5, 0.6) is 0 Å². The first-order chi connectivity index (χ1) is 13.3. The fraction of sp³-hybridized carbons (Fsp3) is 0.0500. The Kier molecular flexibility index (Phi) is 4.35. The summed E-state index contributed by atoms with van der Waals surface area (Å²) in [5, 5.41) is 0.653. The Balaban J connectivity index is 1.77. The van der Waals surface area contributed by atoms with Crippen LogP contribution in [0.2, 0.25) is 0 Å². The van der Waals surface area contributed by atoms with E-state index in [9.17, 15) is 17.2 Å². The van der Waals surface area contributed by atoms with Crippen LogP contribution in [0.4, 0.5) is 14.5 Å². The Morgan fingerprint density at radius 2 is 1.75 bits per heavy atom. The molecule has 8 heteroatoms. The average Bonchev–Trinajstić information content (AvgIpc) is 3.06. The highest BCUT2D eigenvalue weighted by molar-refractivity contribution is 7.92. The van der Waals surface area contributed by atoms with Gasteiger partial charge in [0.05, 0.1) is 6.26 Å². The molecule has 0 radical (unpaired) electrons. The largest absolute Gasteiger partial charge is 0.346 e. The first kappa shape index (κ1) is 18.1. The van der Waals surface area contributed by atoms with E-state index < -0.39 is 21.7 Å². The summed E-state index contributed by atoms with van der Waals surface area (Å²) in [5.41, 5.74) is 3.23. The zero-order valence-electron chi connectivity index (χ0n) is 14.7. The predicted octanol–water partition coefficient (Wildman–Crippen LogP) is 4.55. The number of hydrogen-bond acceptors (Lipinski definition) is 3. The second-order valence-electron chi connectivity index (χ2n) is 6.38. The highest BCUT2D eigenvalue weighted by Gasteiger charge is 2.15. The lowest BCUT2D eigenvalue weighted by Gasteiger charge is -2.07. The third kappa shape index (κ3) is 3.46. The number of fused-ring (bicyclic) bond motifs is 1. The van der Waals surface area contributed by atoms with Crippen LogP contribution in [0.15, 0.2) is 60.9 Å². The van der Waals surface area contributed by atoms with Crippen LogP contribution < -0.4 is 4.72 Å². The molecule has 0 saturated heterocycles. The zero-order valence-corrected chi connectivity index (χ0v) is 15.5. The van der Waals surface area contributed by atoms with Gasteiger partial charge in [-0.1, -0.05) is 24.3 Å². The van der Waals surface area contributed by atoms with Crippen molar-refractivity contribution in [3.8, 4) is 22.3 Å². The van der Waals surface area contributed by atoms with E-state index in [1.165, 1.54) is 12.1 Å². The lowest BCUT2D eigenvalue weighted by atomic mass is 10.0. The molecule has 5 nitrogen and oxygen atoms in total. The smallest absolute Gasteiger partial charge is 0.229 e. The van der Waals surface area contributed by atoms with Gasteiger partial charge in [-0.25, -0.2) is 22.2 Å². The number of pyridine rings is 1. The van der Waals surface area contributed by atoms with Gasteiger partial charge in [0, 0.05) is 40.2 Å². The van der Waals surface area contributed by atoms with Crippen LogP contribution in [0.1, 0.15) is 0 Å². The number of aromatic nitrogens is 2. The van der Waals surface area contributed by atoms with E-state index in [1.807, 2.05) is 6.07 Å².